The van der Waals surface area contributed by atoms with Crippen LogP contribution in [0.1, 0.15) is 11.1 Å². The SMILES string of the molecule is C=CCO[C@H]1O[C@H](CO)[C@@H](OCc2ccccc2)[C@H](OCc2ccccc2)[C@@H]1O. The van der Waals surface area contributed by atoms with Gasteiger partial charge in [-0.1, -0.05) is 66.7 Å². The van der Waals surface area contributed by atoms with E-state index in [1.807, 2.05) is 60.7 Å². The molecule has 29 heavy (non-hydrogen) atoms. The van der Waals surface area contributed by atoms with Crippen molar-refractivity contribution in [3.8, 4) is 0 Å². The highest BCUT2D eigenvalue weighted by atomic mass is 16.7. The predicted molar refractivity (Wildman–Crippen MR) is 108 cm³/mol. The third-order valence-corrected chi connectivity index (χ3v) is 4.74. The third-order valence-electron chi connectivity index (χ3n) is 4.74. The normalized spacial score (nSPS) is 26.9. The van der Waals surface area contributed by atoms with Crippen LogP contribution >= 0.6 is 0 Å². The first-order valence-corrected chi connectivity index (χ1v) is 9.71. The fourth-order valence-corrected chi connectivity index (χ4v) is 3.27. The van der Waals surface area contributed by atoms with Crippen molar-refractivity contribution >= 4 is 0 Å². The largest absolute Gasteiger partial charge is 0.394 e. The molecule has 156 valence electrons. The lowest BCUT2D eigenvalue weighted by atomic mass is 9.98. The van der Waals surface area contributed by atoms with E-state index in [1.165, 1.54) is 0 Å². The van der Waals surface area contributed by atoms with Crippen LogP contribution in [-0.2, 0) is 32.2 Å². The van der Waals surface area contributed by atoms with Gasteiger partial charge in [0.05, 0.1) is 26.4 Å². The van der Waals surface area contributed by atoms with E-state index in [-0.39, 0.29) is 13.2 Å². The summed E-state index contributed by atoms with van der Waals surface area (Å²) < 4.78 is 23.4. The second-order valence-corrected chi connectivity index (χ2v) is 6.86. The summed E-state index contributed by atoms with van der Waals surface area (Å²) in [6.07, 6.45) is -2.55. The molecule has 0 bridgehead atoms. The van der Waals surface area contributed by atoms with Crippen LogP contribution in [0.3, 0.4) is 0 Å². The minimum Gasteiger partial charge on any atom is -0.394 e. The summed E-state index contributed by atoms with van der Waals surface area (Å²) in [4.78, 5) is 0. The zero-order valence-electron chi connectivity index (χ0n) is 16.3. The lowest BCUT2D eigenvalue weighted by molar-refractivity contribution is -0.314. The van der Waals surface area contributed by atoms with E-state index in [0.29, 0.717) is 13.2 Å². The van der Waals surface area contributed by atoms with Crippen molar-refractivity contribution < 1.29 is 29.2 Å². The maximum absolute atomic E-state index is 10.8. The maximum Gasteiger partial charge on any atom is 0.187 e. The quantitative estimate of drug-likeness (QED) is 0.597. The van der Waals surface area contributed by atoms with Crippen molar-refractivity contribution in [2.75, 3.05) is 13.2 Å². The maximum atomic E-state index is 10.8. The van der Waals surface area contributed by atoms with Crippen LogP contribution in [-0.4, -0.2) is 54.1 Å². The van der Waals surface area contributed by atoms with Gasteiger partial charge in [-0.3, -0.25) is 0 Å². The van der Waals surface area contributed by atoms with E-state index in [1.54, 1.807) is 6.08 Å². The summed E-state index contributed by atoms with van der Waals surface area (Å²) in [6, 6.07) is 19.4. The molecule has 1 heterocycles. The monoisotopic (exact) mass is 400 g/mol. The highest BCUT2D eigenvalue weighted by molar-refractivity contribution is 5.14. The van der Waals surface area contributed by atoms with Gasteiger partial charge in [0.15, 0.2) is 6.29 Å². The molecule has 2 aromatic carbocycles. The van der Waals surface area contributed by atoms with Gasteiger partial charge >= 0.3 is 0 Å². The van der Waals surface area contributed by atoms with Crippen molar-refractivity contribution in [1.29, 1.82) is 0 Å². The first-order chi connectivity index (χ1) is 14.2. The van der Waals surface area contributed by atoms with E-state index in [4.69, 9.17) is 18.9 Å². The average molecular weight is 400 g/mol. The summed E-state index contributed by atoms with van der Waals surface area (Å²) >= 11 is 0. The Kier molecular flexibility index (Phi) is 8.37. The highest BCUT2D eigenvalue weighted by Gasteiger charge is 2.47. The van der Waals surface area contributed by atoms with Crippen LogP contribution in [0.25, 0.3) is 0 Å². The van der Waals surface area contributed by atoms with Gasteiger partial charge in [-0.15, -0.1) is 6.58 Å². The Morgan fingerprint density at radius 3 is 1.93 bits per heavy atom. The number of aliphatic hydroxyl groups excluding tert-OH is 2. The van der Waals surface area contributed by atoms with Gasteiger partial charge in [-0.2, -0.15) is 0 Å². The molecular formula is C23H28O6. The Morgan fingerprint density at radius 1 is 0.862 bits per heavy atom. The molecule has 0 aliphatic carbocycles. The lowest BCUT2D eigenvalue weighted by Crippen LogP contribution is -2.60. The fourth-order valence-electron chi connectivity index (χ4n) is 3.27. The van der Waals surface area contributed by atoms with Crippen LogP contribution in [0.5, 0.6) is 0 Å². The van der Waals surface area contributed by atoms with Crippen molar-refractivity contribution in [2.24, 2.45) is 0 Å². The topological polar surface area (TPSA) is 77.4 Å². The van der Waals surface area contributed by atoms with Gasteiger partial charge in [-0.25, -0.2) is 0 Å². The van der Waals surface area contributed by atoms with Gasteiger partial charge in [-0.05, 0) is 11.1 Å². The molecule has 1 aliphatic rings. The molecule has 0 radical (unpaired) electrons. The van der Waals surface area contributed by atoms with E-state index in [9.17, 15) is 10.2 Å². The Labute approximate surface area is 171 Å². The number of rotatable bonds is 10. The molecule has 0 amide bonds. The van der Waals surface area contributed by atoms with Crippen molar-refractivity contribution in [3.05, 3.63) is 84.4 Å². The minimum atomic E-state index is -1.08. The molecule has 1 fully saturated rings. The van der Waals surface area contributed by atoms with Gasteiger partial charge in [0.1, 0.15) is 24.4 Å². The molecule has 2 N–H and O–H groups in total. The smallest absolute Gasteiger partial charge is 0.187 e. The van der Waals surface area contributed by atoms with Crippen LogP contribution in [0.4, 0.5) is 0 Å². The Hall–Kier alpha value is -2.06. The zero-order chi connectivity index (χ0) is 20.5. The Balaban J connectivity index is 1.74. The number of hydrogen-bond acceptors (Lipinski definition) is 6. The second-order valence-electron chi connectivity index (χ2n) is 6.86. The Bertz CT molecular complexity index is 723. The second kappa shape index (κ2) is 11.2. The molecular weight excluding hydrogens is 372 g/mol. The predicted octanol–water partition coefficient (Wildman–Crippen LogP) is 2.44. The van der Waals surface area contributed by atoms with E-state index >= 15 is 0 Å². The van der Waals surface area contributed by atoms with E-state index in [0.717, 1.165) is 11.1 Å². The van der Waals surface area contributed by atoms with Crippen LogP contribution in [0.2, 0.25) is 0 Å². The first-order valence-electron chi connectivity index (χ1n) is 9.71. The van der Waals surface area contributed by atoms with Gasteiger partial charge in [0.2, 0.25) is 0 Å². The fraction of sp³-hybridized carbons (Fsp3) is 0.391. The van der Waals surface area contributed by atoms with Crippen LogP contribution in [0, 0.1) is 0 Å². The average Bonchev–Trinajstić information content (AvgIpc) is 2.77. The molecule has 2 aromatic rings. The summed E-state index contributed by atoms with van der Waals surface area (Å²) in [7, 11) is 0. The van der Waals surface area contributed by atoms with Crippen LogP contribution in [0.15, 0.2) is 73.3 Å². The molecule has 3 rings (SSSR count). The minimum absolute atomic E-state index is 0.209. The first kappa shape index (κ1) is 21.6. The van der Waals surface area contributed by atoms with E-state index < -0.39 is 30.7 Å². The molecule has 1 aliphatic heterocycles. The number of hydrogen-bond donors (Lipinski definition) is 2. The van der Waals surface area contributed by atoms with Crippen LogP contribution < -0.4 is 0 Å². The summed E-state index contributed by atoms with van der Waals surface area (Å²) in [6.45, 7) is 4.14. The van der Waals surface area contributed by atoms with Crippen molar-refractivity contribution in [2.45, 2.75) is 43.9 Å². The Morgan fingerprint density at radius 2 is 1.41 bits per heavy atom. The van der Waals surface area contributed by atoms with E-state index in [2.05, 4.69) is 6.58 Å². The van der Waals surface area contributed by atoms with Crippen molar-refractivity contribution in [1.82, 2.24) is 0 Å². The summed E-state index contributed by atoms with van der Waals surface area (Å²) in [5.74, 6) is 0. The van der Waals surface area contributed by atoms with Gasteiger partial charge in [0.25, 0.3) is 0 Å². The molecule has 0 saturated carbocycles. The molecule has 1 saturated heterocycles. The molecule has 6 heteroatoms. The molecule has 5 atom stereocenters. The zero-order valence-corrected chi connectivity index (χ0v) is 16.3. The van der Waals surface area contributed by atoms with Gasteiger partial charge in [0, 0.05) is 0 Å². The lowest BCUT2D eigenvalue weighted by Gasteiger charge is -2.43. The highest BCUT2D eigenvalue weighted by Crippen LogP contribution is 2.28. The molecule has 0 aromatic heterocycles. The van der Waals surface area contributed by atoms with Gasteiger partial charge < -0.3 is 29.2 Å². The molecule has 6 nitrogen and oxygen atoms in total. The summed E-state index contributed by atoms with van der Waals surface area (Å²) in [5.41, 5.74) is 1.95. The number of aliphatic hydroxyl groups is 2. The molecule has 0 spiro atoms. The standard InChI is InChI=1S/C23H28O6/c1-2-13-26-23-20(25)22(28-16-18-11-7-4-8-12-18)21(19(14-24)29-23)27-15-17-9-5-3-6-10-17/h2-12,19-25H,1,13-16H2/t19-,20+,21-,22-,23+/m1/s1. The number of ether oxygens (including phenoxy) is 4. The van der Waals surface area contributed by atoms with Crippen molar-refractivity contribution in [3.63, 3.8) is 0 Å². The third kappa shape index (κ3) is 5.96. The summed E-state index contributed by atoms with van der Waals surface area (Å²) in [5, 5.41) is 20.7. The number of benzene rings is 2. The molecule has 0 unspecified atom stereocenters.